The van der Waals surface area contributed by atoms with Crippen molar-refractivity contribution in [3.8, 4) is 5.75 Å². The molecular weight excluding hydrogens is 308 g/mol. The zero-order valence-corrected chi connectivity index (χ0v) is 13.5. The maximum absolute atomic E-state index is 12.1. The third-order valence-electron chi connectivity index (χ3n) is 2.88. The average Bonchev–Trinajstić information content (AvgIpc) is 2.66. The van der Waals surface area contributed by atoms with E-state index < -0.39 is 5.97 Å². The first-order chi connectivity index (χ1) is 11.6. The van der Waals surface area contributed by atoms with Gasteiger partial charge >= 0.3 is 5.97 Å². The number of carbonyl (C=O) groups is 2. The second-order valence-electron chi connectivity index (χ2n) is 4.52. The number of hydrogen-bond donors (Lipinski definition) is 1. The summed E-state index contributed by atoms with van der Waals surface area (Å²) in [6, 6.07) is 16.0. The molecule has 0 fully saturated rings. The Kier molecular flexibility index (Phi) is 8.57. The molecule has 0 aliphatic rings. The molecule has 0 atom stereocenters. The van der Waals surface area contributed by atoms with Crippen molar-refractivity contribution in [2.75, 3.05) is 20.3 Å². The van der Waals surface area contributed by atoms with Crippen LogP contribution in [0.1, 0.15) is 15.9 Å². The molecule has 0 radical (unpaired) electrons. The first-order valence-corrected chi connectivity index (χ1v) is 7.26. The average molecular weight is 328 g/mol. The largest absolute Gasteiger partial charge is 0.491 e. The summed E-state index contributed by atoms with van der Waals surface area (Å²) in [7, 11) is 1.31. The van der Waals surface area contributed by atoms with Gasteiger partial charge in [-0.15, -0.1) is 0 Å². The van der Waals surface area contributed by atoms with E-state index in [4.69, 9.17) is 9.84 Å². The molecular formula is C19H20O5. The second kappa shape index (κ2) is 10.7. The molecule has 5 nitrogen and oxygen atoms in total. The highest BCUT2D eigenvalue weighted by Crippen LogP contribution is 2.15. The fourth-order valence-electron chi connectivity index (χ4n) is 1.71. The van der Waals surface area contributed by atoms with Gasteiger partial charge in [-0.1, -0.05) is 36.9 Å². The van der Waals surface area contributed by atoms with Crippen molar-refractivity contribution in [3.05, 3.63) is 78.4 Å². The van der Waals surface area contributed by atoms with Gasteiger partial charge in [0.05, 0.1) is 13.7 Å². The molecule has 2 rings (SSSR count). The van der Waals surface area contributed by atoms with Crippen LogP contribution in [-0.4, -0.2) is 37.2 Å². The molecule has 0 saturated heterocycles. The van der Waals surface area contributed by atoms with Crippen molar-refractivity contribution in [2.45, 2.75) is 0 Å². The minimum Gasteiger partial charge on any atom is -0.491 e. The lowest BCUT2D eigenvalue weighted by atomic mass is 10.0. The quantitative estimate of drug-likeness (QED) is 0.501. The fourth-order valence-corrected chi connectivity index (χ4v) is 1.71. The second-order valence-corrected chi connectivity index (χ2v) is 4.52. The Hall–Kier alpha value is -2.92. The third-order valence-corrected chi connectivity index (χ3v) is 2.88. The molecule has 5 heteroatoms. The summed E-state index contributed by atoms with van der Waals surface area (Å²) in [5.41, 5.74) is 1.29. The molecule has 0 aliphatic heterocycles. The van der Waals surface area contributed by atoms with Crippen molar-refractivity contribution in [2.24, 2.45) is 0 Å². The maximum Gasteiger partial charge on any atom is 0.329 e. The van der Waals surface area contributed by atoms with Gasteiger partial charge in [0.1, 0.15) is 12.4 Å². The van der Waals surface area contributed by atoms with E-state index in [2.05, 4.69) is 11.3 Å². The number of methoxy groups -OCH3 is 1. The van der Waals surface area contributed by atoms with Crippen LogP contribution >= 0.6 is 0 Å². The Morgan fingerprint density at radius 2 is 1.62 bits per heavy atom. The number of aliphatic hydroxyl groups is 1. The summed E-state index contributed by atoms with van der Waals surface area (Å²) in [6.07, 6.45) is 1.11. The van der Waals surface area contributed by atoms with E-state index in [-0.39, 0.29) is 19.0 Å². The fraction of sp³-hybridized carbons (Fsp3) is 0.158. The SMILES string of the molecule is C=CC(=O)OC.O=C(c1ccccc1)c1ccc(OCCO)cc1. The number of carbonyl (C=O) groups excluding carboxylic acids is 2. The zero-order chi connectivity index (χ0) is 17.8. The number of ketones is 1. The van der Waals surface area contributed by atoms with Crippen molar-refractivity contribution in [1.29, 1.82) is 0 Å². The zero-order valence-electron chi connectivity index (χ0n) is 13.5. The summed E-state index contributed by atoms with van der Waals surface area (Å²) in [5.74, 6) is 0.243. The molecule has 2 aromatic carbocycles. The number of rotatable bonds is 6. The van der Waals surface area contributed by atoms with Gasteiger partial charge in [0.15, 0.2) is 5.78 Å². The first kappa shape index (κ1) is 19.1. The Balaban J connectivity index is 0.000000413. The van der Waals surface area contributed by atoms with E-state index in [1.54, 1.807) is 36.4 Å². The highest BCUT2D eigenvalue weighted by molar-refractivity contribution is 6.08. The van der Waals surface area contributed by atoms with Crippen molar-refractivity contribution in [1.82, 2.24) is 0 Å². The highest BCUT2D eigenvalue weighted by atomic mass is 16.5. The van der Waals surface area contributed by atoms with Crippen molar-refractivity contribution >= 4 is 11.8 Å². The standard InChI is InChI=1S/C15H14O3.C4H6O2/c16-10-11-18-14-8-6-13(7-9-14)15(17)12-4-2-1-3-5-12;1-3-4(5)6-2/h1-9,16H,10-11H2;3H,1H2,2H3. The van der Waals surface area contributed by atoms with Crippen LogP contribution in [0.15, 0.2) is 67.3 Å². The third kappa shape index (κ3) is 6.46. The molecule has 1 N–H and O–H groups in total. The molecule has 0 aliphatic carbocycles. The number of aliphatic hydroxyl groups excluding tert-OH is 1. The highest BCUT2D eigenvalue weighted by Gasteiger charge is 2.07. The van der Waals surface area contributed by atoms with Crippen LogP contribution in [0, 0.1) is 0 Å². The summed E-state index contributed by atoms with van der Waals surface area (Å²) < 4.78 is 9.38. The Labute approximate surface area is 141 Å². The number of benzene rings is 2. The van der Waals surface area contributed by atoms with Crippen LogP contribution in [0.2, 0.25) is 0 Å². The van der Waals surface area contributed by atoms with E-state index in [0.717, 1.165) is 6.08 Å². The van der Waals surface area contributed by atoms with Crippen molar-refractivity contribution in [3.63, 3.8) is 0 Å². The lowest BCUT2D eigenvalue weighted by molar-refractivity contribution is -0.134. The van der Waals surface area contributed by atoms with Crippen LogP contribution in [0.3, 0.4) is 0 Å². The van der Waals surface area contributed by atoms with Crippen LogP contribution in [0.4, 0.5) is 0 Å². The van der Waals surface area contributed by atoms with Gasteiger partial charge in [0.2, 0.25) is 0 Å². The Morgan fingerprint density at radius 1 is 1.04 bits per heavy atom. The van der Waals surface area contributed by atoms with E-state index in [1.165, 1.54) is 7.11 Å². The molecule has 0 aromatic heterocycles. The molecule has 0 amide bonds. The summed E-state index contributed by atoms with van der Waals surface area (Å²) >= 11 is 0. The molecule has 0 heterocycles. The van der Waals surface area contributed by atoms with Gasteiger partial charge in [0.25, 0.3) is 0 Å². The number of esters is 1. The van der Waals surface area contributed by atoms with Crippen molar-refractivity contribution < 1.29 is 24.2 Å². The van der Waals surface area contributed by atoms with Crippen LogP contribution < -0.4 is 4.74 Å². The van der Waals surface area contributed by atoms with Crippen LogP contribution in [0.5, 0.6) is 5.75 Å². The van der Waals surface area contributed by atoms with Gasteiger partial charge in [-0.25, -0.2) is 4.79 Å². The number of ether oxygens (including phenoxy) is 2. The van der Waals surface area contributed by atoms with E-state index in [9.17, 15) is 9.59 Å². The summed E-state index contributed by atoms with van der Waals surface area (Å²) in [4.78, 5) is 21.9. The first-order valence-electron chi connectivity index (χ1n) is 7.26. The number of hydrogen-bond acceptors (Lipinski definition) is 5. The molecule has 2 aromatic rings. The van der Waals surface area contributed by atoms with Gasteiger partial charge in [-0.3, -0.25) is 4.79 Å². The summed E-state index contributed by atoms with van der Waals surface area (Å²) in [6.45, 7) is 3.39. The smallest absolute Gasteiger partial charge is 0.329 e. The maximum atomic E-state index is 12.1. The Morgan fingerprint density at radius 3 is 2.08 bits per heavy atom. The van der Waals surface area contributed by atoms with Gasteiger partial charge < -0.3 is 14.6 Å². The molecule has 24 heavy (non-hydrogen) atoms. The normalized spacial score (nSPS) is 9.25. The van der Waals surface area contributed by atoms with E-state index >= 15 is 0 Å². The van der Waals surface area contributed by atoms with Crippen LogP contribution in [-0.2, 0) is 9.53 Å². The minimum absolute atomic E-state index is 0.00990. The molecule has 126 valence electrons. The molecule has 0 bridgehead atoms. The predicted octanol–water partition coefficient (Wildman–Crippen LogP) is 2.63. The van der Waals surface area contributed by atoms with Crippen LogP contribution in [0.25, 0.3) is 0 Å². The lowest BCUT2D eigenvalue weighted by Crippen LogP contribution is -2.03. The minimum atomic E-state index is -0.394. The van der Waals surface area contributed by atoms with Gasteiger partial charge in [-0.05, 0) is 24.3 Å². The molecule has 0 spiro atoms. The van der Waals surface area contributed by atoms with E-state index in [0.29, 0.717) is 16.9 Å². The predicted molar refractivity (Wildman–Crippen MR) is 91.1 cm³/mol. The lowest BCUT2D eigenvalue weighted by Gasteiger charge is -2.05. The van der Waals surface area contributed by atoms with E-state index in [1.807, 2.05) is 18.2 Å². The summed E-state index contributed by atoms with van der Waals surface area (Å²) in [5, 5.41) is 8.64. The van der Waals surface area contributed by atoms with Gasteiger partial charge in [0, 0.05) is 17.2 Å². The molecule has 0 saturated carbocycles. The van der Waals surface area contributed by atoms with Gasteiger partial charge in [-0.2, -0.15) is 0 Å². The molecule has 0 unspecified atom stereocenters. The Bertz CT molecular complexity index is 647. The topological polar surface area (TPSA) is 72.8 Å². The monoisotopic (exact) mass is 328 g/mol.